The number of aliphatic hydroxyl groups is 7. The van der Waals surface area contributed by atoms with Crippen LogP contribution in [0.3, 0.4) is 0 Å². The number of nitrogens with one attached hydrogen (secondary N) is 3. The van der Waals surface area contributed by atoms with Gasteiger partial charge in [-0.1, -0.05) is 59.1 Å². The molecule has 0 bridgehead atoms. The minimum Gasteiger partial charge on any atom is -0.481 e. The molecule has 0 radical (unpaired) electrons. The molecule has 400 valence electrons. The number of carbonyl (C=O) groups excluding carboxylic acids is 1. The van der Waals surface area contributed by atoms with Gasteiger partial charge in [0.25, 0.3) is 0 Å². The number of carboxylic acids is 1. The highest BCUT2D eigenvalue weighted by molar-refractivity contribution is 5.86. The van der Waals surface area contributed by atoms with E-state index in [1.54, 1.807) is 6.33 Å². The van der Waals surface area contributed by atoms with E-state index >= 15 is 0 Å². The van der Waals surface area contributed by atoms with E-state index in [2.05, 4.69) is 54.4 Å². The predicted octanol–water partition coefficient (Wildman–Crippen LogP) is 2.96. The lowest BCUT2D eigenvalue weighted by Gasteiger charge is -2.74. The number of aromatic nitrogens is 2. The molecular weight excluding hydrogens is 911 g/mol. The Morgan fingerprint density at radius 3 is 2.32 bits per heavy atom. The summed E-state index contributed by atoms with van der Waals surface area (Å²) in [4.78, 5) is 36.4. The SMILES string of the molecule is CNC[C@H](CN)C[C@@H](c1cnc[nH]1)[C@@H]1NC(=O)C2(CCCC2)[C@H]1C[C@H]1[C@@H](O)[C@@H](O[C@@H]2OC[C@@H](O)[C@H](O)[C@H]2O)[C@@](C)([C@H](O)CO)[C@H]2CC[C@]3(C)[C@H](CC=C4[C@@H]5C[C@@](C)(CO)CC[C@]5(C(=O)O)CC[C@]43C)[C@]21C. The predicted molar refractivity (Wildman–Crippen MR) is 262 cm³/mol. The van der Waals surface area contributed by atoms with Crippen molar-refractivity contribution in [3.63, 3.8) is 0 Å². The van der Waals surface area contributed by atoms with Gasteiger partial charge in [0.2, 0.25) is 5.91 Å². The van der Waals surface area contributed by atoms with Gasteiger partial charge < -0.3 is 71.7 Å². The molecule has 8 aliphatic rings. The number of ether oxygens (including phenoxy) is 2. The molecule has 2 saturated heterocycles. The van der Waals surface area contributed by atoms with Gasteiger partial charge in [0.05, 0.1) is 48.7 Å². The lowest BCUT2D eigenvalue weighted by molar-refractivity contribution is -0.348. The highest BCUT2D eigenvalue weighted by Gasteiger charge is 2.75. The third-order valence-electron chi connectivity index (χ3n) is 22.7. The molecule has 1 aromatic rings. The summed E-state index contributed by atoms with van der Waals surface area (Å²) in [6.45, 7) is 11.0. The number of H-pyrrole nitrogens is 1. The highest BCUT2D eigenvalue weighted by atomic mass is 16.7. The molecule has 0 aromatic carbocycles. The highest BCUT2D eigenvalue weighted by Crippen LogP contribution is 2.78. The summed E-state index contributed by atoms with van der Waals surface area (Å²) in [7, 11) is 1.90. The molecule has 6 aliphatic carbocycles. The van der Waals surface area contributed by atoms with Crippen molar-refractivity contribution in [3.05, 3.63) is 29.9 Å². The van der Waals surface area contributed by atoms with Crippen LogP contribution in [-0.4, -0.2) is 152 Å². The van der Waals surface area contributed by atoms with Gasteiger partial charge in [-0.15, -0.1) is 0 Å². The second-order valence-corrected chi connectivity index (χ2v) is 25.5. The van der Waals surface area contributed by atoms with Gasteiger partial charge in [0.1, 0.15) is 18.3 Å². The Kier molecular flexibility index (Phi) is 14.4. The number of hydrogen-bond acceptors (Lipinski definition) is 14. The summed E-state index contributed by atoms with van der Waals surface area (Å²) in [5.41, 5.74) is 3.30. The van der Waals surface area contributed by atoms with E-state index in [1.807, 2.05) is 20.2 Å². The first kappa shape index (κ1) is 53.3. The number of imidazole rings is 1. The molecular formula is C54H87N5O12. The maximum absolute atomic E-state index is 15.0. The number of aliphatic carboxylic acids is 1. The number of fused-ring (bicyclic) bond motifs is 7. The molecule has 13 N–H and O–H groups in total. The monoisotopic (exact) mass is 998 g/mol. The molecule has 2 aliphatic heterocycles. The van der Waals surface area contributed by atoms with Gasteiger partial charge in [-0.3, -0.25) is 9.59 Å². The third-order valence-corrected chi connectivity index (χ3v) is 22.7. The molecule has 7 fully saturated rings. The summed E-state index contributed by atoms with van der Waals surface area (Å²) in [6, 6.07) is -0.378. The van der Waals surface area contributed by atoms with Gasteiger partial charge in [-0.05, 0) is 154 Å². The van der Waals surface area contributed by atoms with Crippen LogP contribution in [0.2, 0.25) is 0 Å². The molecule has 3 heterocycles. The van der Waals surface area contributed by atoms with E-state index < -0.39 is 105 Å². The summed E-state index contributed by atoms with van der Waals surface area (Å²) in [5, 5.41) is 98.7. The minimum absolute atomic E-state index is 0.0109. The van der Waals surface area contributed by atoms with Crippen LogP contribution in [0, 0.1) is 73.4 Å². The summed E-state index contributed by atoms with van der Waals surface area (Å²) < 4.78 is 12.7. The Balaban J connectivity index is 1.22. The fourth-order valence-electron chi connectivity index (χ4n) is 18.3. The van der Waals surface area contributed by atoms with Gasteiger partial charge in [0.15, 0.2) is 6.29 Å². The van der Waals surface area contributed by atoms with Crippen molar-refractivity contribution in [1.82, 2.24) is 20.6 Å². The van der Waals surface area contributed by atoms with E-state index in [9.17, 15) is 50.4 Å². The van der Waals surface area contributed by atoms with Crippen LogP contribution in [0.25, 0.3) is 0 Å². The molecule has 71 heavy (non-hydrogen) atoms. The molecule has 1 aromatic heterocycles. The topological polar surface area (TPSA) is 293 Å². The molecule has 17 heteroatoms. The van der Waals surface area contributed by atoms with E-state index in [0.717, 1.165) is 24.1 Å². The van der Waals surface area contributed by atoms with Crippen molar-refractivity contribution in [2.75, 3.05) is 40.0 Å². The van der Waals surface area contributed by atoms with Crippen LogP contribution < -0.4 is 16.4 Å². The Bertz CT molecular complexity index is 2130. The summed E-state index contributed by atoms with van der Waals surface area (Å²) >= 11 is 0. The number of nitrogens with two attached hydrogens (primary N) is 1. The molecule has 21 atom stereocenters. The number of aromatic amines is 1. The third kappa shape index (κ3) is 7.88. The van der Waals surface area contributed by atoms with Crippen molar-refractivity contribution in [3.8, 4) is 0 Å². The number of nitrogens with zero attached hydrogens (tertiary/aromatic N) is 1. The van der Waals surface area contributed by atoms with E-state index in [-0.39, 0.29) is 54.8 Å². The lowest BCUT2D eigenvalue weighted by Crippen LogP contribution is -2.74. The number of amides is 1. The Morgan fingerprint density at radius 2 is 1.69 bits per heavy atom. The number of carbonyl (C=O) groups is 2. The standard InChI is InChI=1S/C54H87N5O12/c1-48(27-61)15-17-54(47(68)69)18-16-49(2)31(34(54)21-48)9-10-37-50(49,3)14-11-38-51(37,4)33(41(64)44(52(38,5)39(63)25-60)71-45-43(66)42(65)36(62)26-70-45)20-32-40(59-46(67)53(32)12-7-8-13-53)30(35-24-57-28-58-35)19-29(22-55)23-56-6/h9,24,28-30,32-34,36-45,56,60-66H,7-8,10-23,25-27,55H2,1-6H3,(H,57,58)(H,59,67)(H,68,69)/t29-,30-,32-,33-,34-,36+,37-,38-,39+,40-,41+,42-,43+,44+,45-,48-,49+,50+,51+,52+,54-/m0/s1. The Hall–Kier alpha value is -2.55. The fraction of sp³-hybridized carbons (Fsp3) is 0.870. The van der Waals surface area contributed by atoms with E-state index in [1.165, 1.54) is 0 Å². The van der Waals surface area contributed by atoms with Crippen molar-refractivity contribution in [1.29, 1.82) is 0 Å². The van der Waals surface area contributed by atoms with Gasteiger partial charge >= 0.3 is 5.97 Å². The molecule has 5 saturated carbocycles. The van der Waals surface area contributed by atoms with Crippen LogP contribution in [0.1, 0.15) is 136 Å². The molecule has 17 nitrogen and oxygen atoms in total. The van der Waals surface area contributed by atoms with Crippen LogP contribution in [0.5, 0.6) is 0 Å². The quantitative estimate of drug-likeness (QED) is 0.0889. The zero-order valence-corrected chi connectivity index (χ0v) is 43.1. The number of rotatable bonds is 15. The minimum atomic E-state index is -1.69. The number of carboxylic acid groups (broad SMARTS) is 1. The number of hydrogen-bond donors (Lipinski definition) is 12. The normalized spacial score (nSPS) is 47.3. The average molecular weight is 998 g/mol. The van der Waals surface area contributed by atoms with Gasteiger partial charge in [-0.25, -0.2) is 4.98 Å². The molecule has 0 unspecified atom stereocenters. The van der Waals surface area contributed by atoms with Crippen molar-refractivity contribution in [2.45, 2.75) is 179 Å². The Morgan fingerprint density at radius 1 is 0.972 bits per heavy atom. The van der Waals surface area contributed by atoms with Gasteiger partial charge in [-0.2, -0.15) is 0 Å². The largest absolute Gasteiger partial charge is 0.481 e. The van der Waals surface area contributed by atoms with E-state index in [4.69, 9.17) is 15.2 Å². The van der Waals surface area contributed by atoms with Gasteiger partial charge in [0, 0.05) is 35.9 Å². The van der Waals surface area contributed by atoms with E-state index in [0.29, 0.717) is 90.1 Å². The molecule has 9 rings (SSSR count). The lowest BCUT2D eigenvalue weighted by atomic mass is 9.31. The molecule has 1 spiro atoms. The van der Waals surface area contributed by atoms with Crippen LogP contribution in [0.4, 0.5) is 0 Å². The van der Waals surface area contributed by atoms with Crippen molar-refractivity contribution < 1.29 is 59.9 Å². The summed E-state index contributed by atoms with van der Waals surface area (Å²) in [6.07, 6.45) is 4.49. The first-order valence-corrected chi connectivity index (χ1v) is 27.1. The van der Waals surface area contributed by atoms with Crippen molar-refractivity contribution in [2.24, 2.45) is 79.1 Å². The zero-order chi connectivity index (χ0) is 51.3. The number of aliphatic hydroxyl groups excluding tert-OH is 7. The molecule has 1 amide bonds. The Labute approximate surface area is 419 Å². The van der Waals surface area contributed by atoms with Crippen LogP contribution in [-0.2, 0) is 19.1 Å². The first-order valence-electron chi connectivity index (χ1n) is 27.1. The first-order chi connectivity index (χ1) is 33.6. The fourth-order valence-corrected chi connectivity index (χ4v) is 18.3. The number of allylic oxidation sites excluding steroid dienone is 2. The maximum atomic E-state index is 15.0. The maximum Gasteiger partial charge on any atom is 0.310 e. The van der Waals surface area contributed by atoms with Crippen LogP contribution in [0.15, 0.2) is 24.2 Å². The second-order valence-electron chi connectivity index (χ2n) is 25.5. The zero-order valence-electron chi connectivity index (χ0n) is 43.1. The summed E-state index contributed by atoms with van der Waals surface area (Å²) in [5.74, 6) is -2.63. The second kappa shape index (κ2) is 19.2. The smallest absolute Gasteiger partial charge is 0.310 e. The average Bonchev–Trinajstić information content (AvgIpc) is 4.13. The van der Waals surface area contributed by atoms with Crippen LogP contribution >= 0.6 is 0 Å². The van der Waals surface area contributed by atoms with Crippen molar-refractivity contribution >= 4 is 11.9 Å².